The molecule has 0 aliphatic carbocycles. The van der Waals surface area contributed by atoms with Gasteiger partial charge in [-0.3, -0.25) is 0 Å². The van der Waals surface area contributed by atoms with Crippen LogP contribution in [0.4, 0.5) is 0 Å². The molecule has 0 amide bonds. The summed E-state index contributed by atoms with van der Waals surface area (Å²) in [4.78, 5) is 0. The molecule has 7 heavy (non-hydrogen) atoms. The van der Waals surface area contributed by atoms with E-state index < -0.39 is 0 Å². The van der Waals surface area contributed by atoms with Crippen LogP contribution in [0.3, 0.4) is 0 Å². The smallest absolute Gasteiger partial charge is 0.0212 e. The zero-order valence-corrected chi connectivity index (χ0v) is 4.44. The molecule has 0 radical (unpaired) electrons. The molecule has 0 spiro atoms. The van der Waals surface area contributed by atoms with Crippen molar-refractivity contribution in [1.82, 2.24) is 5.32 Å². The van der Waals surface area contributed by atoms with Crippen molar-refractivity contribution in [3.8, 4) is 0 Å². The summed E-state index contributed by atoms with van der Waals surface area (Å²) in [5, 5.41) is 2.72. The largest absolute Gasteiger partial charge is 0.401 e. The molecule has 0 saturated carbocycles. The van der Waals surface area contributed by atoms with Crippen molar-refractivity contribution in [2.75, 3.05) is 0 Å². The van der Waals surface area contributed by atoms with Crippen LogP contribution in [0.2, 0.25) is 0 Å². The number of nitrogens with one attached hydrogen (secondary N) is 1. The first-order chi connectivity index (χ1) is 3.27. The zero-order valence-electron chi connectivity index (χ0n) is 4.44. The molecule has 0 atom stereocenters. The Balaban J connectivity index is 3.25. The van der Waals surface area contributed by atoms with Crippen LogP contribution in [0, 0.1) is 0 Å². The average Bonchev–Trinajstić information content (AvgIpc) is 1.61. The van der Waals surface area contributed by atoms with Gasteiger partial charge in [0.2, 0.25) is 0 Å². The SMILES string of the molecule is C=CNC=C(C)N. The fraction of sp³-hybridized carbons (Fsp3) is 0.200. The molecule has 0 aliphatic rings. The fourth-order valence-electron chi connectivity index (χ4n) is 0.190. The van der Waals surface area contributed by atoms with Crippen molar-refractivity contribution in [1.29, 1.82) is 0 Å². The van der Waals surface area contributed by atoms with Gasteiger partial charge in [-0.1, -0.05) is 6.58 Å². The number of hydrogen-bond donors (Lipinski definition) is 2. The maximum Gasteiger partial charge on any atom is 0.0212 e. The molecule has 2 heteroatoms. The van der Waals surface area contributed by atoms with Gasteiger partial charge in [0, 0.05) is 11.9 Å². The molecular formula is C5H10N2. The van der Waals surface area contributed by atoms with E-state index in [1.54, 1.807) is 19.3 Å². The number of nitrogens with two attached hydrogens (primary N) is 1. The molecular weight excluding hydrogens is 88.1 g/mol. The van der Waals surface area contributed by atoms with Crippen LogP contribution >= 0.6 is 0 Å². The highest BCUT2D eigenvalue weighted by Gasteiger charge is 1.67. The summed E-state index contributed by atoms with van der Waals surface area (Å²) in [7, 11) is 0. The number of rotatable bonds is 2. The number of hydrogen-bond acceptors (Lipinski definition) is 2. The lowest BCUT2D eigenvalue weighted by Crippen LogP contribution is -1.98. The zero-order chi connectivity index (χ0) is 5.70. The second-order valence-electron chi connectivity index (χ2n) is 1.26. The Kier molecular flexibility index (Phi) is 2.85. The minimum absolute atomic E-state index is 0.750. The molecule has 3 N–H and O–H groups in total. The second kappa shape index (κ2) is 3.28. The normalized spacial score (nSPS) is 10.7. The summed E-state index contributed by atoms with van der Waals surface area (Å²) in [5.74, 6) is 0. The third-order valence-corrected chi connectivity index (χ3v) is 0.429. The van der Waals surface area contributed by atoms with Crippen molar-refractivity contribution >= 4 is 0 Å². The Bertz CT molecular complexity index is 80.1. The van der Waals surface area contributed by atoms with E-state index >= 15 is 0 Å². The van der Waals surface area contributed by atoms with Gasteiger partial charge in [-0.25, -0.2) is 0 Å². The first-order valence-corrected chi connectivity index (χ1v) is 2.06. The van der Waals surface area contributed by atoms with E-state index in [-0.39, 0.29) is 0 Å². The molecule has 0 aromatic carbocycles. The standard InChI is InChI=1S/C5H10N2/c1-3-7-4-5(2)6/h3-4,7H,1,6H2,2H3. The van der Waals surface area contributed by atoms with E-state index in [0.717, 1.165) is 5.70 Å². The highest BCUT2D eigenvalue weighted by Crippen LogP contribution is 1.71. The van der Waals surface area contributed by atoms with Gasteiger partial charge in [0.1, 0.15) is 0 Å². The molecule has 40 valence electrons. The summed E-state index contributed by atoms with van der Waals surface area (Å²) in [6.07, 6.45) is 3.24. The van der Waals surface area contributed by atoms with Gasteiger partial charge in [-0.2, -0.15) is 0 Å². The highest BCUT2D eigenvalue weighted by molar-refractivity contribution is 4.91. The molecule has 0 aromatic rings. The van der Waals surface area contributed by atoms with E-state index in [9.17, 15) is 0 Å². The monoisotopic (exact) mass is 98.1 g/mol. The highest BCUT2D eigenvalue weighted by atomic mass is 14.8. The first kappa shape index (κ1) is 6.08. The van der Waals surface area contributed by atoms with Crippen molar-refractivity contribution in [2.24, 2.45) is 5.73 Å². The van der Waals surface area contributed by atoms with Crippen LogP contribution < -0.4 is 11.1 Å². The van der Waals surface area contributed by atoms with Crippen molar-refractivity contribution in [3.05, 3.63) is 24.7 Å². The van der Waals surface area contributed by atoms with Crippen LogP contribution in [-0.4, -0.2) is 0 Å². The third-order valence-electron chi connectivity index (χ3n) is 0.429. The van der Waals surface area contributed by atoms with Gasteiger partial charge in [-0.15, -0.1) is 0 Å². The summed E-state index contributed by atoms with van der Waals surface area (Å²) in [5.41, 5.74) is 5.98. The molecule has 0 fully saturated rings. The molecule has 0 aromatic heterocycles. The lowest BCUT2D eigenvalue weighted by Gasteiger charge is -1.87. The van der Waals surface area contributed by atoms with E-state index in [0.29, 0.717) is 0 Å². The summed E-state index contributed by atoms with van der Waals surface area (Å²) in [6.45, 7) is 5.22. The van der Waals surface area contributed by atoms with Crippen LogP contribution in [0.1, 0.15) is 6.92 Å². The Morgan fingerprint density at radius 2 is 2.43 bits per heavy atom. The molecule has 0 heterocycles. The van der Waals surface area contributed by atoms with Crippen molar-refractivity contribution < 1.29 is 0 Å². The molecule has 2 nitrogen and oxygen atoms in total. The Hall–Kier alpha value is -0.920. The topological polar surface area (TPSA) is 38.0 Å². The predicted molar refractivity (Wildman–Crippen MR) is 31.3 cm³/mol. The minimum atomic E-state index is 0.750. The van der Waals surface area contributed by atoms with Crippen LogP contribution in [0.25, 0.3) is 0 Å². The summed E-state index contributed by atoms with van der Waals surface area (Å²) in [6, 6.07) is 0. The van der Waals surface area contributed by atoms with Gasteiger partial charge in [0.05, 0.1) is 0 Å². The van der Waals surface area contributed by atoms with Gasteiger partial charge in [0.15, 0.2) is 0 Å². The molecule has 0 rings (SSSR count). The minimum Gasteiger partial charge on any atom is -0.401 e. The number of allylic oxidation sites excluding steroid dienone is 1. The van der Waals surface area contributed by atoms with Gasteiger partial charge < -0.3 is 11.1 Å². The molecule has 0 aliphatic heterocycles. The Morgan fingerprint density at radius 3 is 2.57 bits per heavy atom. The van der Waals surface area contributed by atoms with E-state index in [2.05, 4.69) is 11.9 Å². The van der Waals surface area contributed by atoms with Crippen LogP contribution in [-0.2, 0) is 0 Å². The van der Waals surface area contributed by atoms with Crippen molar-refractivity contribution in [2.45, 2.75) is 6.92 Å². The van der Waals surface area contributed by atoms with E-state index in [1.165, 1.54) is 0 Å². The third kappa shape index (κ3) is 5.08. The van der Waals surface area contributed by atoms with Gasteiger partial charge in [-0.05, 0) is 13.1 Å². The maximum atomic E-state index is 5.23. The second-order valence-corrected chi connectivity index (χ2v) is 1.26. The lowest BCUT2D eigenvalue weighted by atomic mass is 10.6. The molecule has 0 bridgehead atoms. The molecule has 0 saturated heterocycles. The van der Waals surface area contributed by atoms with Crippen molar-refractivity contribution in [3.63, 3.8) is 0 Å². The quantitative estimate of drug-likeness (QED) is 0.529. The lowest BCUT2D eigenvalue weighted by molar-refractivity contribution is 1.13. The fourth-order valence-corrected chi connectivity index (χ4v) is 0.190. The average molecular weight is 98.1 g/mol. The molecule has 0 unspecified atom stereocenters. The van der Waals surface area contributed by atoms with Crippen LogP contribution in [0.5, 0.6) is 0 Å². The van der Waals surface area contributed by atoms with Gasteiger partial charge in [0.25, 0.3) is 0 Å². The summed E-state index contributed by atoms with van der Waals surface area (Å²) >= 11 is 0. The Morgan fingerprint density at radius 1 is 1.86 bits per heavy atom. The van der Waals surface area contributed by atoms with E-state index in [4.69, 9.17) is 5.73 Å². The first-order valence-electron chi connectivity index (χ1n) is 2.06. The van der Waals surface area contributed by atoms with Crippen LogP contribution in [0.15, 0.2) is 24.7 Å². The Labute approximate surface area is 43.7 Å². The summed E-state index contributed by atoms with van der Waals surface area (Å²) < 4.78 is 0. The predicted octanol–water partition coefficient (Wildman–Crippen LogP) is 0.540. The van der Waals surface area contributed by atoms with E-state index in [1.807, 2.05) is 0 Å². The maximum absolute atomic E-state index is 5.23. The van der Waals surface area contributed by atoms with Gasteiger partial charge >= 0.3 is 0 Å².